The number of carbonyl (C=O) groups is 1. The molecular weight excluding hydrogens is 337 g/mol. The van der Waals surface area contributed by atoms with Gasteiger partial charge in [-0.05, 0) is 37.8 Å². The highest BCUT2D eigenvalue weighted by Crippen LogP contribution is 2.40. The van der Waals surface area contributed by atoms with E-state index in [1.807, 2.05) is 0 Å². The molecule has 2 heterocycles. The van der Waals surface area contributed by atoms with Crippen LogP contribution in [0.25, 0.3) is 0 Å². The van der Waals surface area contributed by atoms with Gasteiger partial charge in [0.15, 0.2) is 5.75 Å². The van der Waals surface area contributed by atoms with Gasteiger partial charge < -0.3 is 20.1 Å². The van der Waals surface area contributed by atoms with Crippen LogP contribution in [0.2, 0.25) is 0 Å². The van der Waals surface area contributed by atoms with Crippen molar-refractivity contribution in [3.8, 4) is 11.5 Å². The summed E-state index contributed by atoms with van der Waals surface area (Å²) in [5.41, 5.74) is 0.400. The maximum atomic E-state index is 14.1. The number of nitrogens with one attached hydrogen (secondary N) is 1. The fraction of sp³-hybridized carbons (Fsp3) is 0.368. The first kappa shape index (κ1) is 16.8. The van der Waals surface area contributed by atoms with Crippen molar-refractivity contribution in [3.63, 3.8) is 0 Å². The van der Waals surface area contributed by atoms with E-state index < -0.39 is 11.7 Å². The van der Waals surface area contributed by atoms with Crippen LogP contribution in [0.4, 0.5) is 15.9 Å². The van der Waals surface area contributed by atoms with Gasteiger partial charge in [0.05, 0.1) is 12.3 Å². The number of anilines is 2. The molecule has 1 aromatic carbocycles. The normalized spacial score (nSPS) is 22.1. The van der Waals surface area contributed by atoms with Gasteiger partial charge in [-0.25, -0.2) is 9.37 Å². The van der Waals surface area contributed by atoms with E-state index in [0.29, 0.717) is 17.3 Å². The number of aliphatic hydroxyl groups is 1. The van der Waals surface area contributed by atoms with Crippen molar-refractivity contribution in [2.24, 2.45) is 0 Å². The lowest BCUT2D eigenvalue weighted by Gasteiger charge is -2.27. The number of hydrogen-bond acceptors (Lipinski definition) is 5. The van der Waals surface area contributed by atoms with Gasteiger partial charge in [0.25, 0.3) is 5.91 Å². The van der Waals surface area contributed by atoms with Crippen LogP contribution in [0.15, 0.2) is 30.5 Å². The van der Waals surface area contributed by atoms with Crippen molar-refractivity contribution in [1.29, 1.82) is 0 Å². The van der Waals surface area contributed by atoms with Crippen molar-refractivity contribution in [3.05, 3.63) is 41.8 Å². The Morgan fingerprint density at radius 2 is 2.04 bits per heavy atom. The van der Waals surface area contributed by atoms with Crippen molar-refractivity contribution in [2.75, 3.05) is 17.3 Å². The number of ether oxygens (including phenoxy) is 1. The first-order valence-electron chi connectivity index (χ1n) is 8.72. The van der Waals surface area contributed by atoms with Gasteiger partial charge in [-0.15, -0.1) is 0 Å². The first-order chi connectivity index (χ1) is 12.5. The molecule has 2 N–H and O–H groups in total. The molecule has 2 aliphatic rings. The second-order valence-corrected chi connectivity index (χ2v) is 6.77. The molecule has 4 rings (SSSR count). The quantitative estimate of drug-likeness (QED) is 0.862. The molecule has 1 aliphatic heterocycles. The van der Waals surface area contributed by atoms with E-state index >= 15 is 0 Å². The van der Waals surface area contributed by atoms with E-state index in [2.05, 4.69) is 10.3 Å². The van der Waals surface area contributed by atoms with Crippen molar-refractivity contribution < 1.29 is 19.0 Å². The van der Waals surface area contributed by atoms with Crippen LogP contribution < -0.4 is 15.0 Å². The van der Waals surface area contributed by atoms with E-state index in [1.54, 1.807) is 25.4 Å². The van der Waals surface area contributed by atoms with Crippen LogP contribution in [0.1, 0.15) is 36.0 Å². The summed E-state index contributed by atoms with van der Waals surface area (Å²) in [6.45, 7) is 0. The summed E-state index contributed by atoms with van der Waals surface area (Å²) < 4.78 is 20.0. The number of amides is 1. The van der Waals surface area contributed by atoms with Gasteiger partial charge in [-0.3, -0.25) is 4.79 Å². The number of rotatable bonds is 2. The van der Waals surface area contributed by atoms with E-state index in [1.165, 1.54) is 17.0 Å². The molecule has 0 atom stereocenters. The molecule has 26 heavy (non-hydrogen) atoms. The number of nitrogens with zero attached hydrogens (tertiary/aromatic N) is 2. The number of aromatic nitrogens is 1. The number of pyridine rings is 1. The van der Waals surface area contributed by atoms with Gasteiger partial charge in [0.2, 0.25) is 0 Å². The largest absolute Gasteiger partial charge is 0.454 e. The van der Waals surface area contributed by atoms with Crippen LogP contribution in [-0.2, 0) is 0 Å². The summed E-state index contributed by atoms with van der Waals surface area (Å²) in [5.74, 6) is 0.183. The fourth-order valence-electron chi connectivity index (χ4n) is 3.46. The average molecular weight is 357 g/mol. The lowest BCUT2D eigenvalue weighted by molar-refractivity contribution is 0.0989. The molecule has 1 aromatic heterocycles. The third-order valence-corrected chi connectivity index (χ3v) is 4.97. The summed E-state index contributed by atoms with van der Waals surface area (Å²) in [6.07, 6.45) is 4.60. The van der Waals surface area contributed by atoms with E-state index in [9.17, 15) is 14.3 Å². The van der Waals surface area contributed by atoms with Crippen LogP contribution in [0, 0.1) is 5.82 Å². The number of hydrogen-bond donors (Lipinski definition) is 2. The van der Waals surface area contributed by atoms with E-state index in [4.69, 9.17) is 4.74 Å². The zero-order chi connectivity index (χ0) is 18.3. The summed E-state index contributed by atoms with van der Waals surface area (Å²) >= 11 is 0. The Morgan fingerprint density at radius 3 is 2.81 bits per heavy atom. The molecule has 0 spiro atoms. The van der Waals surface area contributed by atoms with Crippen LogP contribution in [-0.4, -0.2) is 35.2 Å². The SMILES string of the molecule is CN1C(=O)c2c(F)cccc2Oc2cc(N[C@H]3CC[C@H](O)CC3)ncc21. The smallest absolute Gasteiger partial charge is 0.264 e. The molecule has 1 amide bonds. The van der Waals surface area contributed by atoms with Gasteiger partial charge in [0.1, 0.15) is 28.6 Å². The summed E-state index contributed by atoms with van der Waals surface area (Å²) in [6, 6.07) is 6.30. The summed E-state index contributed by atoms with van der Waals surface area (Å²) in [5, 5.41) is 13.0. The molecule has 136 valence electrons. The second-order valence-electron chi connectivity index (χ2n) is 6.77. The van der Waals surface area contributed by atoms with E-state index in [-0.39, 0.29) is 23.5 Å². The van der Waals surface area contributed by atoms with Crippen LogP contribution in [0.5, 0.6) is 11.5 Å². The molecule has 6 nitrogen and oxygen atoms in total. The molecule has 0 bridgehead atoms. The first-order valence-corrected chi connectivity index (χ1v) is 8.72. The third-order valence-electron chi connectivity index (χ3n) is 4.97. The molecule has 0 unspecified atom stereocenters. The standard InChI is InChI=1S/C19H20FN3O3/c1-23-14-10-21-17(22-11-5-7-12(24)8-6-11)9-16(14)26-15-4-2-3-13(20)18(15)19(23)25/h2-4,9-12,24H,5-8H2,1H3,(H,21,22)/t11-,12-. The zero-order valence-electron chi connectivity index (χ0n) is 14.4. The highest BCUT2D eigenvalue weighted by atomic mass is 19.1. The third kappa shape index (κ3) is 2.99. The number of aliphatic hydroxyl groups excluding tert-OH is 1. The summed E-state index contributed by atoms with van der Waals surface area (Å²) in [4.78, 5) is 18.3. The molecular formula is C19H20FN3O3. The Bertz CT molecular complexity index is 850. The Kier molecular flexibility index (Phi) is 4.24. The van der Waals surface area contributed by atoms with Gasteiger partial charge in [-0.2, -0.15) is 0 Å². The maximum Gasteiger partial charge on any atom is 0.264 e. The minimum Gasteiger partial charge on any atom is -0.454 e. The topological polar surface area (TPSA) is 74.7 Å². The molecule has 1 saturated carbocycles. The predicted octanol–water partition coefficient (Wildman–Crippen LogP) is 3.32. The Labute approximate surface area is 150 Å². The highest BCUT2D eigenvalue weighted by Gasteiger charge is 2.29. The van der Waals surface area contributed by atoms with E-state index in [0.717, 1.165) is 25.7 Å². The minimum atomic E-state index is -0.612. The van der Waals surface area contributed by atoms with Gasteiger partial charge >= 0.3 is 0 Å². The molecule has 0 saturated heterocycles. The van der Waals surface area contributed by atoms with Gasteiger partial charge in [0, 0.05) is 19.2 Å². The second kappa shape index (κ2) is 6.57. The molecule has 1 aliphatic carbocycles. The highest BCUT2D eigenvalue weighted by molar-refractivity contribution is 6.09. The average Bonchev–Trinajstić information content (AvgIpc) is 2.73. The predicted molar refractivity (Wildman–Crippen MR) is 95.3 cm³/mol. The number of carbonyl (C=O) groups excluding carboxylic acids is 1. The Morgan fingerprint density at radius 1 is 1.27 bits per heavy atom. The number of halogens is 1. The summed E-state index contributed by atoms with van der Waals surface area (Å²) in [7, 11) is 1.57. The maximum absolute atomic E-state index is 14.1. The van der Waals surface area contributed by atoms with Crippen molar-refractivity contribution in [1.82, 2.24) is 4.98 Å². The molecule has 2 aromatic rings. The molecule has 0 radical (unpaired) electrons. The number of fused-ring (bicyclic) bond motifs is 2. The molecule has 7 heteroatoms. The van der Waals surface area contributed by atoms with Crippen LogP contribution in [0.3, 0.4) is 0 Å². The Balaban J connectivity index is 1.65. The lowest BCUT2D eigenvalue weighted by Crippen LogP contribution is -2.28. The number of benzene rings is 1. The zero-order valence-corrected chi connectivity index (χ0v) is 14.4. The van der Waals surface area contributed by atoms with Crippen molar-refractivity contribution >= 4 is 17.4 Å². The van der Waals surface area contributed by atoms with Crippen LogP contribution >= 0.6 is 0 Å². The fourth-order valence-corrected chi connectivity index (χ4v) is 3.46. The molecule has 1 fully saturated rings. The van der Waals surface area contributed by atoms with Gasteiger partial charge in [-0.1, -0.05) is 6.07 Å². The lowest BCUT2D eigenvalue weighted by atomic mass is 9.93. The monoisotopic (exact) mass is 357 g/mol. The minimum absolute atomic E-state index is 0.0815. The Hall–Kier alpha value is -2.67. The van der Waals surface area contributed by atoms with Crippen molar-refractivity contribution in [2.45, 2.75) is 37.8 Å².